The van der Waals surface area contributed by atoms with Crippen LogP contribution in [0.15, 0.2) is 140 Å². The molecule has 0 bridgehead atoms. The highest BCUT2D eigenvalue weighted by molar-refractivity contribution is 6.10. The minimum absolute atomic E-state index is 0. The van der Waals surface area contributed by atoms with Gasteiger partial charge >= 0.3 is 0 Å². The molecule has 7 aromatic carbocycles. The number of fused-ring (bicyclic) bond motifs is 5. The summed E-state index contributed by atoms with van der Waals surface area (Å²) in [5.41, 5.74) is 10.6. The number of hydrogen-bond donors (Lipinski definition) is 12. The van der Waals surface area contributed by atoms with Crippen LogP contribution in [-0.4, -0.2) is 142 Å². The van der Waals surface area contributed by atoms with Crippen LogP contribution in [0.3, 0.4) is 0 Å². The minimum atomic E-state index is -0.678. The molecule has 8 rings (SSSR count). The zero-order valence-electron chi connectivity index (χ0n) is 71.8. The van der Waals surface area contributed by atoms with Crippen LogP contribution >= 0.6 is 0 Å². The van der Waals surface area contributed by atoms with Crippen molar-refractivity contribution in [1.82, 2.24) is 0 Å². The number of rotatable bonds is 56. The molecule has 8 unspecified atom stereocenters. The van der Waals surface area contributed by atoms with Gasteiger partial charge < -0.3 is 88.9 Å². The number of aliphatic hydroxyl groups is 8. The summed E-state index contributed by atoms with van der Waals surface area (Å²) in [5.74, 6) is 19.1. The van der Waals surface area contributed by atoms with E-state index in [9.17, 15) is 40.9 Å². The number of pyridine rings is 1. The molecule has 15 nitrogen and oxygen atoms in total. The first-order valence-electron chi connectivity index (χ1n) is 44.2. The molecule has 16 heteroatoms. The molecule has 1 heterocycles. The molecular formula is C105H136BrN7O8. The van der Waals surface area contributed by atoms with E-state index in [1.165, 1.54) is 65.9 Å². The molecule has 121 heavy (non-hydrogen) atoms. The van der Waals surface area contributed by atoms with Crippen molar-refractivity contribution in [2.24, 2.45) is 0 Å². The van der Waals surface area contributed by atoms with E-state index in [-0.39, 0.29) is 17.0 Å². The third-order valence-corrected chi connectivity index (χ3v) is 22.0. The lowest BCUT2D eigenvalue weighted by molar-refractivity contribution is -0.655. The van der Waals surface area contributed by atoms with E-state index in [0.717, 1.165) is 236 Å². The van der Waals surface area contributed by atoms with Gasteiger partial charge in [-0.1, -0.05) is 172 Å². The molecule has 0 amide bonds. The van der Waals surface area contributed by atoms with Gasteiger partial charge in [-0.15, -0.1) is 51.4 Å². The Labute approximate surface area is 735 Å². The van der Waals surface area contributed by atoms with Crippen LogP contribution in [0.4, 0.5) is 34.1 Å². The monoisotopic (exact) mass is 1700 g/mol. The highest BCUT2D eigenvalue weighted by Gasteiger charge is 2.24. The largest absolute Gasteiger partial charge is 1.00 e. The van der Waals surface area contributed by atoms with Crippen LogP contribution in [0.1, 0.15) is 212 Å². The lowest BCUT2D eigenvalue weighted by Gasteiger charge is -2.30. The Morgan fingerprint density at radius 3 is 0.917 bits per heavy atom. The molecule has 0 spiro atoms. The molecular weight excluding hydrogens is 1570 g/mol. The van der Waals surface area contributed by atoms with Gasteiger partial charge in [-0.25, -0.2) is 0 Å². The quantitative estimate of drug-likeness (QED) is 0.00739. The lowest BCUT2D eigenvalue weighted by Crippen LogP contribution is -3.00. The van der Waals surface area contributed by atoms with Crippen molar-refractivity contribution in [2.75, 3.05) is 83.4 Å². The van der Waals surface area contributed by atoms with Gasteiger partial charge in [-0.05, 0) is 222 Å². The normalized spacial score (nSPS) is 12.8. The Bertz CT molecular complexity index is 4420. The van der Waals surface area contributed by atoms with Crippen molar-refractivity contribution in [3.63, 3.8) is 0 Å². The van der Waals surface area contributed by atoms with E-state index in [1.54, 1.807) is 0 Å². The number of nitrogens with one attached hydrogen (secondary N) is 4. The first kappa shape index (κ1) is 102. The van der Waals surface area contributed by atoms with E-state index in [1.807, 2.05) is 0 Å². The second kappa shape index (κ2) is 60.6. The smallest absolute Gasteiger partial charge is 0.220 e. The summed E-state index contributed by atoms with van der Waals surface area (Å²) in [6.07, 6.45) is 65.8. The molecule has 0 saturated carbocycles. The summed E-state index contributed by atoms with van der Waals surface area (Å²) >= 11 is 0. The van der Waals surface area contributed by atoms with Crippen LogP contribution in [0.5, 0.6) is 0 Å². The number of anilines is 6. The molecule has 8 aromatic rings. The molecule has 646 valence electrons. The van der Waals surface area contributed by atoms with Gasteiger partial charge in [-0.3, -0.25) is 0 Å². The molecule has 1 aromatic heterocycles. The van der Waals surface area contributed by atoms with E-state index in [0.29, 0.717) is 51.4 Å². The summed E-state index contributed by atoms with van der Waals surface area (Å²) < 4.78 is 2.43. The van der Waals surface area contributed by atoms with Gasteiger partial charge in [0.25, 0.3) is 0 Å². The molecule has 12 N–H and O–H groups in total. The number of unbranched alkanes of at least 4 members (excludes halogenated alkanes) is 16. The number of aromatic nitrogens is 1. The number of hydrogen-bond acceptors (Lipinski definition) is 14. The highest BCUT2D eigenvalue weighted by Crippen LogP contribution is 2.38. The number of halogens is 1. The molecule has 0 saturated heterocycles. The predicted octanol–water partition coefficient (Wildman–Crippen LogP) is 15.3. The van der Waals surface area contributed by atoms with Gasteiger partial charge in [0.1, 0.15) is 55.4 Å². The van der Waals surface area contributed by atoms with Crippen LogP contribution in [0.25, 0.3) is 54.5 Å². The summed E-state index contributed by atoms with van der Waals surface area (Å²) in [5, 5.41) is 99.9. The Kier molecular flexibility index (Phi) is 51.0. The number of terminal acetylenes is 8. The number of nitrogens with zero attached hydrogens (tertiary/aromatic N) is 3. The van der Waals surface area contributed by atoms with Crippen molar-refractivity contribution in [3.05, 3.63) is 140 Å². The molecule has 8 atom stereocenters. The average Bonchev–Trinajstić information content (AvgIpc) is 0.739. The average molecular weight is 1700 g/mol. The zero-order chi connectivity index (χ0) is 86.3. The molecule has 0 aliphatic carbocycles. The Morgan fingerprint density at radius 2 is 0.587 bits per heavy atom. The summed E-state index contributed by atoms with van der Waals surface area (Å²) in [7, 11) is 0. The molecule has 0 radical (unpaired) electrons. The zero-order valence-corrected chi connectivity index (χ0v) is 73.4. The molecule has 0 aliphatic heterocycles. The Balaban J connectivity index is 0.000000329. The van der Waals surface area contributed by atoms with Gasteiger partial charge in [0.2, 0.25) is 11.2 Å². The second-order valence-electron chi connectivity index (χ2n) is 31.2. The summed E-state index contributed by atoms with van der Waals surface area (Å²) in [6, 6.07) is 49.9. The first-order chi connectivity index (χ1) is 58.5. The minimum Gasteiger partial charge on any atom is -1.00 e. The van der Waals surface area contributed by atoms with Gasteiger partial charge in [-0.2, -0.15) is 4.57 Å². The van der Waals surface area contributed by atoms with Crippen LogP contribution in [-0.2, 0) is 6.54 Å². The third-order valence-electron chi connectivity index (χ3n) is 22.0. The van der Waals surface area contributed by atoms with Gasteiger partial charge in [0, 0.05) is 125 Å². The van der Waals surface area contributed by atoms with E-state index >= 15 is 0 Å². The van der Waals surface area contributed by atoms with Crippen molar-refractivity contribution in [1.29, 1.82) is 0 Å². The fourth-order valence-corrected chi connectivity index (χ4v) is 15.2. The SMILES string of the molecule is C#CC(O)CCCCCN(CCCCCC(O)C#C)c1cccc2c(N(CCCCCC(O)C#C)CCCCCC(O)C#C)cccc12.C#CC(O)CCCCCNc1ccc2c(c1)c(-c1ccccc1)[n+](CC)c1cc(NCCCCCC(O)C#C)ccc21.C#CC(O)CCCCCNc1cccc2c(NCCCCCC(O)C#C)cccc12.[Br-]. The van der Waals surface area contributed by atoms with Crippen molar-refractivity contribution in [2.45, 2.75) is 268 Å². The van der Waals surface area contributed by atoms with Crippen molar-refractivity contribution < 1.29 is 62.4 Å². The highest BCUT2D eigenvalue weighted by atomic mass is 79.9. The number of benzene rings is 7. The maximum absolute atomic E-state index is 9.77. The fraction of sp³-hybridized carbons (Fsp3) is 0.476. The summed E-state index contributed by atoms with van der Waals surface area (Å²) in [6.45, 7) is 10.2. The Morgan fingerprint density at radius 1 is 0.289 bits per heavy atom. The van der Waals surface area contributed by atoms with Crippen LogP contribution in [0, 0.1) is 98.8 Å². The summed E-state index contributed by atoms with van der Waals surface area (Å²) in [4.78, 5) is 4.97. The van der Waals surface area contributed by atoms with E-state index < -0.39 is 48.8 Å². The topological polar surface area (TPSA) is 220 Å². The standard InChI is InChI=1S/C42H58N2O4.C37H43N3O2.C26H34N2O2.BrH/c1-5-35(45)23-13-9-17-31-43(32-18-10-14-24-36(46)6-2)41-29-21-28-40-39(41)27-22-30-42(40)44(33-19-11-15-25-37(47)7-3)34-20-12-16-26-38(48)8-4;1-4-31(41)18-12-8-14-24-38-29-20-22-33-34-23-21-30(39-25-15-9-13-19-32(42)5-2)27-36(34)40(6-3)37(35(33)26-29)28-16-10-7-11-17-28;1-3-21(29)13-7-5-9-19-27-25-17-11-16-24-23(25)15-12-18-26(24)28-20-10-6-8-14-22(30)4-2;/h1-4,21-22,27-30,35-38,45-48H,9-20,23-26,31-34H2;1-2,7,10-11,16-17,20-23,26-27,31-32,38,41-42H,6,8-9,12-15,18-19,24-25H2,3H3;1-2,11-12,15-18,21-22,27-30H,5-10,13-14,19-20H2;1H. The second-order valence-corrected chi connectivity index (χ2v) is 31.2. The van der Waals surface area contributed by atoms with E-state index in [2.05, 4.69) is 229 Å². The molecule has 0 fully saturated rings. The predicted molar refractivity (Wildman–Crippen MR) is 506 cm³/mol. The lowest BCUT2D eigenvalue weighted by atomic mass is 9.98. The van der Waals surface area contributed by atoms with Crippen LogP contribution in [0.2, 0.25) is 0 Å². The number of aryl methyl sites for hydroxylation is 1. The fourth-order valence-electron chi connectivity index (χ4n) is 15.2. The van der Waals surface area contributed by atoms with Crippen molar-refractivity contribution in [3.8, 4) is 110 Å². The Hall–Kier alpha value is -9.83. The van der Waals surface area contributed by atoms with Gasteiger partial charge in [0.05, 0.1) is 10.8 Å². The maximum atomic E-state index is 9.77. The van der Waals surface area contributed by atoms with Gasteiger partial charge in [0.15, 0.2) is 0 Å². The van der Waals surface area contributed by atoms with Crippen molar-refractivity contribution >= 4 is 77.3 Å². The first-order valence-corrected chi connectivity index (χ1v) is 44.2. The number of aliphatic hydroxyl groups excluding tert-OH is 8. The van der Waals surface area contributed by atoms with E-state index in [4.69, 9.17) is 51.4 Å². The van der Waals surface area contributed by atoms with Crippen LogP contribution < -0.4 is 52.6 Å². The maximum Gasteiger partial charge on any atom is 0.220 e. The third kappa shape index (κ3) is 37.2. The molecule has 0 aliphatic rings.